The summed E-state index contributed by atoms with van der Waals surface area (Å²) in [6, 6.07) is 0. The molecule has 0 heterocycles. The highest BCUT2D eigenvalue weighted by molar-refractivity contribution is 5.56. The van der Waals surface area contributed by atoms with Crippen LogP contribution in [-0.4, -0.2) is 62.8 Å². The fourth-order valence-electron chi connectivity index (χ4n) is 0.618. The third kappa shape index (κ3) is 6.88. The number of aliphatic hydroxyl groups is 5. The predicted octanol–water partition coefficient (Wildman–Crippen LogP) is -3.75. The zero-order valence-electron chi connectivity index (χ0n) is 7.67. The summed E-state index contributed by atoms with van der Waals surface area (Å²) in [5.41, 5.74) is 0. The van der Waals surface area contributed by atoms with Gasteiger partial charge in [0.05, 0.1) is 6.61 Å². The van der Waals surface area contributed by atoms with E-state index >= 15 is 0 Å². The summed E-state index contributed by atoms with van der Waals surface area (Å²) in [6.45, 7) is -0.760. The highest BCUT2D eigenvalue weighted by atomic mass is 16.4. The van der Waals surface area contributed by atoms with Gasteiger partial charge in [-0.05, 0) is 0 Å². The molecule has 90 valence electrons. The fourth-order valence-corrected chi connectivity index (χ4v) is 0.618. The van der Waals surface area contributed by atoms with Crippen LogP contribution < -0.4 is 5.84 Å². The first-order chi connectivity index (χ1) is 6.95. The third-order valence-electron chi connectivity index (χ3n) is 1.42. The molecule has 0 aliphatic rings. The molecule has 0 amide bonds. The van der Waals surface area contributed by atoms with Crippen LogP contribution in [0.4, 0.5) is 0 Å². The van der Waals surface area contributed by atoms with E-state index in [1.54, 1.807) is 5.29 Å². The second-order valence-corrected chi connectivity index (χ2v) is 2.46. The van der Waals surface area contributed by atoms with E-state index in [1.165, 1.54) is 0 Å². The number of nitroso groups, excluding NO2 is 1. The van der Waals surface area contributed by atoms with Crippen molar-refractivity contribution in [2.24, 2.45) is 11.1 Å². The smallest absolute Gasteiger partial charge is 0.151 e. The summed E-state index contributed by atoms with van der Waals surface area (Å²) in [5.74, 6) is 3.92. The minimum atomic E-state index is -1.79. The maximum absolute atomic E-state index is 9.90. The number of rotatable bonds is 5. The van der Waals surface area contributed by atoms with Crippen LogP contribution in [0.15, 0.2) is 5.29 Å². The average molecular weight is 226 g/mol. The Hall–Kier alpha value is -1.13. The number of nitrogens with zero attached hydrogens (tertiary/aromatic N) is 1. The number of hydrogen-bond donors (Lipinski definition) is 6. The second kappa shape index (κ2) is 9.43. The molecule has 9 nitrogen and oxygen atoms in total. The number of carbonyl (C=O) groups is 1. The van der Waals surface area contributed by atoms with E-state index < -0.39 is 31.0 Å². The summed E-state index contributed by atoms with van der Waals surface area (Å²) < 4.78 is 0. The first kappa shape index (κ1) is 16.3. The minimum absolute atomic E-state index is 0.0258. The van der Waals surface area contributed by atoms with Crippen molar-refractivity contribution in [1.82, 2.24) is 0 Å². The Labute approximate surface area is 84.7 Å². The highest BCUT2D eigenvalue weighted by Crippen LogP contribution is 2.02. The van der Waals surface area contributed by atoms with Gasteiger partial charge in [0.2, 0.25) is 0 Å². The van der Waals surface area contributed by atoms with Gasteiger partial charge < -0.3 is 30.3 Å². The van der Waals surface area contributed by atoms with Crippen molar-refractivity contribution in [2.45, 2.75) is 24.4 Å². The molecular weight excluding hydrogens is 212 g/mol. The summed E-state index contributed by atoms with van der Waals surface area (Å²) in [6.07, 6.45) is -6.84. The van der Waals surface area contributed by atoms with Crippen LogP contribution >= 0.6 is 0 Å². The lowest BCUT2D eigenvalue weighted by Gasteiger charge is -2.22. The molecule has 0 aliphatic heterocycles. The second-order valence-electron chi connectivity index (χ2n) is 2.46. The molecule has 0 unspecified atom stereocenters. The molecule has 0 radical (unpaired) electrons. The van der Waals surface area contributed by atoms with Gasteiger partial charge in [0.1, 0.15) is 24.4 Å². The van der Waals surface area contributed by atoms with E-state index in [4.69, 9.17) is 30.4 Å². The zero-order chi connectivity index (χ0) is 12.4. The topological polar surface area (TPSA) is 174 Å². The molecular formula is C6H14N2O7. The molecule has 0 fully saturated rings. The highest BCUT2D eigenvalue weighted by Gasteiger charge is 2.29. The Balaban J connectivity index is 0. The van der Waals surface area contributed by atoms with Crippen molar-refractivity contribution in [3.63, 3.8) is 0 Å². The van der Waals surface area contributed by atoms with Crippen LogP contribution in [0.3, 0.4) is 0 Å². The quantitative estimate of drug-likeness (QED) is 0.120. The molecule has 0 aliphatic carbocycles. The van der Waals surface area contributed by atoms with Crippen LogP contribution in [0.1, 0.15) is 0 Å². The van der Waals surface area contributed by atoms with E-state index in [0.717, 1.165) is 0 Å². The van der Waals surface area contributed by atoms with Gasteiger partial charge in [-0.1, -0.05) is 0 Å². The summed E-state index contributed by atoms with van der Waals surface area (Å²) in [4.78, 5) is 18.2. The molecule has 0 rings (SSSR count). The first-order valence-electron chi connectivity index (χ1n) is 3.77. The van der Waals surface area contributed by atoms with Crippen molar-refractivity contribution >= 4 is 6.29 Å². The van der Waals surface area contributed by atoms with Crippen LogP contribution in [0.2, 0.25) is 0 Å². The maximum atomic E-state index is 9.90. The Bertz CT molecular complexity index is 179. The Morgan fingerprint density at radius 1 is 1.20 bits per heavy atom. The van der Waals surface area contributed by atoms with Gasteiger partial charge in [-0.15, -0.1) is 4.91 Å². The van der Waals surface area contributed by atoms with Crippen molar-refractivity contribution < 1.29 is 30.3 Å². The Morgan fingerprint density at radius 2 is 1.60 bits per heavy atom. The lowest BCUT2D eigenvalue weighted by atomic mass is 10.0. The summed E-state index contributed by atoms with van der Waals surface area (Å²) in [5, 5.41) is 45.3. The third-order valence-corrected chi connectivity index (χ3v) is 1.42. The summed E-state index contributed by atoms with van der Waals surface area (Å²) >= 11 is 0. The largest absolute Gasteiger partial charge is 0.394 e. The number of hydrogen-bond acceptors (Lipinski definition) is 8. The van der Waals surface area contributed by atoms with Gasteiger partial charge >= 0.3 is 0 Å². The van der Waals surface area contributed by atoms with Gasteiger partial charge in [0, 0.05) is 5.29 Å². The minimum Gasteiger partial charge on any atom is -0.394 e. The van der Waals surface area contributed by atoms with Gasteiger partial charge in [-0.25, -0.2) is 0 Å². The molecule has 0 spiro atoms. The molecule has 7 N–H and O–H groups in total. The van der Waals surface area contributed by atoms with Crippen molar-refractivity contribution in [3.8, 4) is 0 Å². The van der Waals surface area contributed by atoms with Crippen molar-refractivity contribution in [1.29, 1.82) is 0 Å². The average Bonchev–Trinajstić information content (AvgIpc) is 2.25. The van der Waals surface area contributed by atoms with Gasteiger partial charge in [-0.3, -0.25) is 5.84 Å². The fraction of sp³-hybridized carbons (Fsp3) is 0.833. The number of aldehydes is 1. The number of carbonyl (C=O) groups excluding carboxylic acids is 1. The van der Waals surface area contributed by atoms with E-state index in [0.29, 0.717) is 0 Å². The van der Waals surface area contributed by atoms with Gasteiger partial charge in [-0.2, -0.15) is 0 Å². The molecule has 15 heavy (non-hydrogen) atoms. The zero-order valence-corrected chi connectivity index (χ0v) is 7.67. The number of aliphatic hydroxyl groups excluding tert-OH is 5. The Kier molecular flexibility index (Phi) is 10.2. The monoisotopic (exact) mass is 226 g/mol. The molecule has 0 bridgehead atoms. The molecule has 4 atom stereocenters. The normalized spacial score (nSPS) is 17.7. The van der Waals surface area contributed by atoms with Crippen LogP contribution in [0, 0.1) is 4.91 Å². The lowest BCUT2D eigenvalue weighted by Crippen LogP contribution is -2.46. The SMILES string of the molecule is NN=O.O=C[C@H](O)[C@@H](O)[C@H](O)[C@H](O)CO. The predicted molar refractivity (Wildman–Crippen MR) is 47.2 cm³/mol. The van der Waals surface area contributed by atoms with E-state index in [2.05, 4.69) is 5.84 Å². The lowest BCUT2D eigenvalue weighted by molar-refractivity contribution is -0.136. The van der Waals surface area contributed by atoms with E-state index in [9.17, 15) is 4.79 Å². The van der Waals surface area contributed by atoms with Crippen LogP contribution in [-0.2, 0) is 4.79 Å². The van der Waals surface area contributed by atoms with E-state index in [1.807, 2.05) is 0 Å². The Morgan fingerprint density at radius 3 is 1.87 bits per heavy atom. The van der Waals surface area contributed by atoms with Crippen molar-refractivity contribution in [2.75, 3.05) is 6.61 Å². The standard InChI is InChI=1S/C6H12O6.H2N2O/c7-1-3(9)5(11)6(12)4(10)2-8;1-2-3/h1,3-6,8-12H,2H2;(H2,1,3)/t3-,4+,5+,6+;/m0./s1. The van der Waals surface area contributed by atoms with Gasteiger partial charge in [0.15, 0.2) is 6.29 Å². The van der Waals surface area contributed by atoms with Gasteiger partial charge in [0.25, 0.3) is 0 Å². The van der Waals surface area contributed by atoms with Crippen LogP contribution in [0.25, 0.3) is 0 Å². The number of nitrogens with two attached hydrogens (primary N) is 1. The maximum Gasteiger partial charge on any atom is 0.151 e. The first-order valence-corrected chi connectivity index (χ1v) is 3.77. The molecule has 0 aromatic heterocycles. The summed E-state index contributed by atoms with van der Waals surface area (Å²) in [7, 11) is 0. The molecule has 0 aromatic carbocycles. The molecule has 0 aromatic rings. The molecule has 9 heteroatoms. The van der Waals surface area contributed by atoms with Crippen LogP contribution in [0.5, 0.6) is 0 Å². The molecule has 0 saturated heterocycles. The van der Waals surface area contributed by atoms with Crippen molar-refractivity contribution in [3.05, 3.63) is 4.91 Å². The van der Waals surface area contributed by atoms with E-state index in [-0.39, 0.29) is 6.29 Å². The molecule has 0 saturated carbocycles.